The smallest absolute Gasteiger partial charge is 0.171 e. The molecule has 0 spiro atoms. The van der Waals surface area contributed by atoms with E-state index in [2.05, 4.69) is 26.6 Å². The molecule has 0 atom stereocenters. The number of rotatable bonds is 3. The average Bonchev–Trinajstić information content (AvgIpc) is 2.41. The second-order valence-corrected chi connectivity index (χ2v) is 5.66. The summed E-state index contributed by atoms with van der Waals surface area (Å²) in [7, 11) is 0. The zero-order chi connectivity index (χ0) is 14.5. The van der Waals surface area contributed by atoms with Crippen LogP contribution in [0.25, 0.3) is 0 Å². The molecule has 2 aromatic carbocycles. The minimum absolute atomic E-state index is 0.244. The van der Waals surface area contributed by atoms with Crippen LogP contribution in [0.3, 0.4) is 0 Å². The van der Waals surface area contributed by atoms with Crippen LogP contribution in [0.15, 0.2) is 46.9 Å². The molecular formula is C15H14BrFN2S. The van der Waals surface area contributed by atoms with Crippen LogP contribution >= 0.6 is 28.1 Å². The van der Waals surface area contributed by atoms with Crippen LogP contribution in [0, 0.1) is 12.7 Å². The highest BCUT2D eigenvalue weighted by Crippen LogP contribution is 2.19. The Hall–Kier alpha value is -1.46. The normalized spacial score (nSPS) is 10.2. The Bertz CT molecular complexity index is 631. The third kappa shape index (κ3) is 4.28. The first-order valence-corrected chi connectivity index (χ1v) is 7.30. The van der Waals surface area contributed by atoms with Gasteiger partial charge in [-0.05, 0) is 60.6 Å². The third-order valence-corrected chi connectivity index (χ3v) is 3.89. The molecule has 0 radical (unpaired) electrons. The van der Waals surface area contributed by atoms with E-state index in [1.165, 1.54) is 12.1 Å². The minimum Gasteiger partial charge on any atom is -0.358 e. The fourth-order valence-electron chi connectivity index (χ4n) is 1.73. The fourth-order valence-corrected chi connectivity index (χ4v) is 2.16. The number of nitrogens with one attached hydrogen (secondary N) is 2. The molecule has 20 heavy (non-hydrogen) atoms. The van der Waals surface area contributed by atoms with Crippen LogP contribution in [-0.4, -0.2) is 5.11 Å². The molecule has 0 saturated heterocycles. The quantitative estimate of drug-likeness (QED) is 0.801. The molecule has 0 fully saturated rings. The van der Waals surface area contributed by atoms with Crippen LogP contribution in [0.2, 0.25) is 0 Å². The number of anilines is 1. The molecule has 104 valence electrons. The number of hydrogen-bond acceptors (Lipinski definition) is 1. The summed E-state index contributed by atoms with van der Waals surface area (Å²) in [5, 5.41) is 6.66. The standard InChI is InChI=1S/C15H14BrFN2S/c1-10-7-13(5-6-14(10)16)19-15(20)18-9-11-3-2-4-12(17)8-11/h2-8H,9H2,1H3,(H2,18,19,20). The van der Waals surface area contributed by atoms with Gasteiger partial charge in [0.15, 0.2) is 5.11 Å². The topological polar surface area (TPSA) is 24.1 Å². The Morgan fingerprint density at radius 2 is 2.05 bits per heavy atom. The van der Waals surface area contributed by atoms with Crippen molar-refractivity contribution in [1.29, 1.82) is 0 Å². The predicted octanol–water partition coefficient (Wildman–Crippen LogP) is 4.38. The van der Waals surface area contributed by atoms with E-state index >= 15 is 0 Å². The summed E-state index contributed by atoms with van der Waals surface area (Å²) in [5.74, 6) is -0.244. The summed E-state index contributed by atoms with van der Waals surface area (Å²) in [5.41, 5.74) is 2.89. The molecule has 0 aromatic heterocycles. The molecule has 2 N–H and O–H groups in total. The zero-order valence-electron chi connectivity index (χ0n) is 10.9. The molecule has 0 aliphatic heterocycles. The van der Waals surface area contributed by atoms with Crippen molar-refractivity contribution in [2.75, 3.05) is 5.32 Å². The van der Waals surface area contributed by atoms with Gasteiger partial charge in [-0.15, -0.1) is 0 Å². The van der Waals surface area contributed by atoms with Crippen molar-refractivity contribution < 1.29 is 4.39 Å². The summed E-state index contributed by atoms with van der Waals surface area (Å²) in [6.45, 7) is 2.50. The molecule has 0 unspecified atom stereocenters. The summed E-state index contributed by atoms with van der Waals surface area (Å²) < 4.78 is 14.1. The summed E-state index contributed by atoms with van der Waals surface area (Å²) >= 11 is 8.67. The van der Waals surface area contributed by atoms with Gasteiger partial charge in [-0.2, -0.15) is 0 Å². The summed E-state index contributed by atoms with van der Waals surface area (Å²) in [6.07, 6.45) is 0. The zero-order valence-corrected chi connectivity index (χ0v) is 13.3. The molecule has 0 bridgehead atoms. The molecule has 0 aliphatic rings. The van der Waals surface area contributed by atoms with Crippen molar-refractivity contribution in [1.82, 2.24) is 5.32 Å². The SMILES string of the molecule is Cc1cc(NC(=S)NCc2cccc(F)c2)ccc1Br. The van der Waals surface area contributed by atoms with E-state index in [0.717, 1.165) is 21.3 Å². The van der Waals surface area contributed by atoms with Gasteiger partial charge in [-0.3, -0.25) is 0 Å². The van der Waals surface area contributed by atoms with Crippen molar-refractivity contribution in [2.24, 2.45) is 0 Å². The van der Waals surface area contributed by atoms with Gasteiger partial charge >= 0.3 is 0 Å². The van der Waals surface area contributed by atoms with E-state index in [1.807, 2.05) is 31.2 Å². The molecule has 5 heteroatoms. The van der Waals surface area contributed by atoms with Gasteiger partial charge in [-0.1, -0.05) is 28.1 Å². The Morgan fingerprint density at radius 3 is 2.75 bits per heavy atom. The Morgan fingerprint density at radius 1 is 1.25 bits per heavy atom. The third-order valence-electron chi connectivity index (χ3n) is 2.76. The highest BCUT2D eigenvalue weighted by molar-refractivity contribution is 9.10. The Kier molecular flexibility index (Phi) is 5.09. The van der Waals surface area contributed by atoms with E-state index in [4.69, 9.17) is 12.2 Å². The van der Waals surface area contributed by atoms with E-state index in [0.29, 0.717) is 11.7 Å². The summed E-state index contributed by atoms with van der Waals surface area (Å²) in [6, 6.07) is 12.3. The van der Waals surface area contributed by atoms with Crippen molar-refractivity contribution in [3.8, 4) is 0 Å². The minimum atomic E-state index is -0.244. The second-order valence-electron chi connectivity index (χ2n) is 4.40. The van der Waals surface area contributed by atoms with Crippen LogP contribution < -0.4 is 10.6 Å². The predicted molar refractivity (Wildman–Crippen MR) is 88.3 cm³/mol. The maximum absolute atomic E-state index is 13.0. The van der Waals surface area contributed by atoms with Crippen molar-refractivity contribution in [3.05, 3.63) is 63.9 Å². The van der Waals surface area contributed by atoms with Gasteiger partial charge in [0, 0.05) is 16.7 Å². The molecule has 0 saturated carbocycles. The van der Waals surface area contributed by atoms with Crippen LogP contribution in [0.4, 0.5) is 10.1 Å². The first kappa shape index (κ1) is 14.9. The highest BCUT2D eigenvalue weighted by atomic mass is 79.9. The molecule has 2 aromatic rings. The summed E-state index contributed by atoms with van der Waals surface area (Å²) in [4.78, 5) is 0. The first-order chi connectivity index (χ1) is 9.54. The van der Waals surface area contributed by atoms with Gasteiger partial charge < -0.3 is 10.6 Å². The molecule has 0 amide bonds. The maximum atomic E-state index is 13.0. The van der Waals surface area contributed by atoms with E-state index in [1.54, 1.807) is 6.07 Å². The van der Waals surface area contributed by atoms with Crippen molar-refractivity contribution >= 4 is 38.9 Å². The number of halogens is 2. The molecule has 0 aliphatic carbocycles. The maximum Gasteiger partial charge on any atom is 0.171 e. The molecular weight excluding hydrogens is 339 g/mol. The average molecular weight is 353 g/mol. The number of benzene rings is 2. The second kappa shape index (κ2) is 6.81. The van der Waals surface area contributed by atoms with Gasteiger partial charge in [0.1, 0.15) is 5.82 Å². The number of aryl methyl sites for hydroxylation is 1. The van der Waals surface area contributed by atoms with E-state index in [9.17, 15) is 4.39 Å². The van der Waals surface area contributed by atoms with Gasteiger partial charge in [0.2, 0.25) is 0 Å². The van der Waals surface area contributed by atoms with Gasteiger partial charge in [0.25, 0.3) is 0 Å². The molecule has 2 nitrogen and oxygen atoms in total. The monoisotopic (exact) mass is 352 g/mol. The molecule has 2 rings (SSSR count). The van der Waals surface area contributed by atoms with Crippen molar-refractivity contribution in [3.63, 3.8) is 0 Å². The van der Waals surface area contributed by atoms with Gasteiger partial charge in [-0.25, -0.2) is 4.39 Å². The number of hydrogen-bond donors (Lipinski definition) is 2. The largest absolute Gasteiger partial charge is 0.358 e. The van der Waals surface area contributed by atoms with E-state index in [-0.39, 0.29) is 5.82 Å². The molecule has 0 heterocycles. The lowest BCUT2D eigenvalue weighted by molar-refractivity contribution is 0.625. The Labute approximate surface area is 131 Å². The lowest BCUT2D eigenvalue weighted by atomic mass is 10.2. The first-order valence-electron chi connectivity index (χ1n) is 6.10. The van der Waals surface area contributed by atoms with Gasteiger partial charge in [0.05, 0.1) is 0 Å². The van der Waals surface area contributed by atoms with Crippen LogP contribution in [-0.2, 0) is 6.54 Å². The van der Waals surface area contributed by atoms with Crippen LogP contribution in [0.5, 0.6) is 0 Å². The Balaban J connectivity index is 1.91. The lowest BCUT2D eigenvalue weighted by Crippen LogP contribution is -2.27. The number of thiocarbonyl (C=S) groups is 1. The van der Waals surface area contributed by atoms with Crippen LogP contribution in [0.1, 0.15) is 11.1 Å². The van der Waals surface area contributed by atoms with Crippen molar-refractivity contribution in [2.45, 2.75) is 13.5 Å². The van der Waals surface area contributed by atoms with E-state index < -0.39 is 0 Å². The lowest BCUT2D eigenvalue weighted by Gasteiger charge is -2.11. The highest BCUT2D eigenvalue weighted by Gasteiger charge is 2.01. The fraction of sp³-hybridized carbons (Fsp3) is 0.133.